The topological polar surface area (TPSA) is 80.2 Å². The summed E-state index contributed by atoms with van der Waals surface area (Å²) in [6.07, 6.45) is 5.08. The van der Waals surface area contributed by atoms with E-state index in [2.05, 4.69) is 16.6 Å². The number of nitrogens with zero attached hydrogens (tertiary/aromatic N) is 1. The number of ketones is 1. The Bertz CT molecular complexity index is 874. The molecule has 25 heavy (non-hydrogen) atoms. The first kappa shape index (κ1) is 18.0. The number of benzene rings is 1. The zero-order valence-electron chi connectivity index (χ0n) is 14.3. The molecule has 1 heterocycles. The maximum atomic E-state index is 12.6. The van der Waals surface area contributed by atoms with Crippen LogP contribution in [0.3, 0.4) is 0 Å². The first-order chi connectivity index (χ1) is 11.9. The van der Waals surface area contributed by atoms with Gasteiger partial charge >= 0.3 is 0 Å². The van der Waals surface area contributed by atoms with E-state index in [9.17, 15) is 14.4 Å². The molecule has 0 aliphatic heterocycles. The summed E-state index contributed by atoms with van der Waals surface area (Å²) in [6, 6.07) is 9.00. The molecule has 0 aliphatic rings. The molecule has 0 bridgehead atoms. The Morgan fingerprint density at radius 3 is 2.40 bits per heavy atom. The number of nitrogens with one attached hydrogen (secondary N) is 2. The molecule has 0 spiro atoms. The molecule has 0 fully saturated rings. The van der Waals surface area contributed by atoms with Crippen molar-refractivity contribution in [2.45, 2.75) is 13.8 Å². The summed E-state index contributed by atoms with van der Waals surface area (Å²) in [7, 11) is 1.68. The number of carbonyl (C=O) groups is 3. The minimum absolute atomic E-state index is 0.0309. The molecule has 0 aliphatic carbocycles. The van der Waals surface area contributed by atoms with Gasteiger partial charge in [0.05, 0.1) is 12.1 Å². The number of aromatic nitrogens is 1. The Labute approximate surface area is 146 Å². The van der Waals surface area contributed by atoms with Gasteiger partial charge in [-0.2, -0.15) is 0 Å². The van der Waals surface area contributed by atoms with Crippen LogP contribution in [0.1, 0.15) is 32.1 Å². The van der Waals surface area contributed by atoms with Crippen molar-refractivity contribution in [1.82, 2.24) is 9.88 Å². The molecule has 6 nitrogen and oxygen atoms in total. The molecule has 6 heteroatoms. The van der Waals surface area contributed by atoms with E-state index in [-0.39, 0.29) is 18.0 Å². The fourth-order valence-electron chi connectivity index (χ4n) is 2.67. The molecule has 1 aromatic heterocycles. The van der Waals surface area contributed by atoms with Gasteiger partial charge in [0.15, 0.2) is 0 Å². The lowest BCUT2D eigenvalue weighted by atomic mass is 10.0. The molecule has 2 aromatic rings. The number of amides is 2. The molecule has 2 rings (SSSR count). The van der Waals surface area contributed by atoms with Crippen molar-refractivity contribution >= 4 is 23.3 Å². The van der Waals surface area contributed by atoms with Gasteiger partial charge in [0.25, 0.3) is 17.6 Å². The van der Waals surface area contributed by atoms with Gasteiger partial charge < -0.3 is 15.2 Å². The average molecular weight is 337 g/mol. The van der Waals surface area contributed by atoms with Crippen molar-refractivity contribution in [2.24, 2.45) is 7.05 Å². The molecule has 2 amide bonds. The van der Waals surface area contributed by atoms with Crippen molar-refractivity contribution in [1.29, 1.82) is 0 Å². The number of terminal acetylenes is 1. The van der Waals surface area contributed by atoms with E-state index in [0.717, 1.165) is 0 Å². The molecule has 0 atom stereocenters. The highest BCUT2D eigenvalue weighted by molar-refractivity contribution is 6.43. The second-order valence-electron chi connectivity index (χ2n) is 5.53. The molecule has 0 unspecified atom stereocenters. The van der Waals surface area contributed by atoms with E-state index in [4.69, 9.17) is 6.42 Å². The van der Waals surface area contributed by atoms with E-state index in [1.165, 1.54) is 0 Å². The number of Topliss-reactive ketones (excluding diaryl/α,β-unsaturated/α-hetero) is 1. The van der Waals surface area contributed by atoms with E-state index >= 15 is 0 Å². The number of hydrogen-bond acceptors (Lipinski definition) is 3. The Balaban J connectivity index is 2.36. The van der Waals surface area contributed by atoms with Gasteiger partial charge in [-0.1, -0.05) is 24.1 Å². The lowest BCUT2D eigenvalue weighted by Crippen LogP contribution is -2.31. The van der Waals surface area contributed by atoms with Gasteiger partial charge in [-0.05, 0) is 31.5 Å². The Morgan fingerprint density at radius 2 is 1.80 bits per heavy atom. The largest absolute Gasteiger partial charge is 0.343 e. The van der Waals surface area contributed by atoms with Crippen LogP contribution in [0.5, 0.6) is 0 Å². The first-order valence-electron chi connectivity index (χ1n) is 7.66. The van der Waals surface area contributed by atoms with Crippen LogP contribution in [0.25, 0.3) is 0 Å². The number of para-hydroxylation sites is 1. The number of rotatable bonds is 5. The maximum absolute atomic E-state index is 12.6. The third-order valence-electron chi connectivity index (χ3n) is 3.96. The fraction of sp³-hybridized carbons (Fsp3) is 0.211. The van der Waals surface area contributed by atoms with Crippen LogP contribution in [-0.2, 0) is 11.8 Å². The van der Waals surface area contributed by atoms with Crippen LogP contribution in [0.15, 0.2) is 30.3 Å². The quantitative estimate of drug-likeness (QED) is 0.496. The van der Waals surface area contributed by atoms with Crippen molar-refractivity contribution < 1.29 is 14.4 Å². The van der Waals surface area contributed by atoms with Crippen LogP contribution < -0.4 is 10.6 Å². The highest BCUT2D eigenvalue weighted by Gasteiger charge is 2.28. The van der Waals surface area contributed by atoms with E-state index < -0.39 is 11.7 Å². The second kappa shape index (κ2) is 7.49. The third kappa shape index (κ3) is 3.61. The van der Waals surface area contributed by atoms with Gasteiger partial charge in [-0.15, -0.1) is 6.42 Å². The maximum Gasteiger partial charge on any atom is 0.293 e. The van der Waals surface area contributed by atoms with Crippen molar-refractivity contribution in [3.05, 3.63) is 52.8 Å². The summed E-state index contributed by atoms with van der Waals surface area (Å²) in [4.78, 5) is 37.0. The molecular weight excluding hydrogens is 318 g/mol. The van der Waals surface area contributed by atoms with E-state index in [0.29, 0.717) is 22.6 Å². The Hall–Kier alpha value is -3.33. The van der Waals surface area contributed by atoms with E-state index in [1.54, 1.807) is 37.6 Å². The van der Waals surface area contributed by atoms with Crippen LogP contribution in [-0.4, -0.2) is 28.7 Å². The standard InChI is InChI=1S/C19H19N3O3/c1-5-11-20-19(25)17(23)15-12(2)16(22(4)13(15)3)18(24)21-14-9-7-6-8-10-14/h1,6-10H,11H2,2-4H3,(H,20,25)(H,21,24). The summed E-state index contributed by atoms with van der Waals surface area (Å²) in [5.74, 6) is 0.397. The SMILES string of the molecule is C#CCNC(=O)C(=O)c1c(C)c(C(=O)Nc2ccccc2)n(C)c1C. The van der Waals surface area contributed by atoms with Gasteiger partial charge in [0.1, 0.15) is 5.69 Å². The zero-order chi connectivity index (χ0) is 18.6. The molecule has 0 radical (unpaired) electrons. The zero-order valence-corrected chi connectivity index (χ0v) is 14.3. The summed E-state index contributed by atoms with van der Waals surface area (Å²) >= 11 is 0. The van der Waals surface area contributed by atoms with Gasteiger partial charge in [-0.25, -0.2) is 0 Å². The Morgan fingerprint density at radius 1 is 1.16 bits per heavy atom. The molecule has 0 saturated carbocycles. The summed E-state index contributed by atoms with van der Waals surface area (Å²) < 4.78 is 1.61. The van der Waals surface area contributed by atoms with Crippen molar-refractivity contribution in [3.8, 4) is 12.3 Å². The summed E-state index contributed by atoms with van der Waals surface area (Å²) in [5.41, 5.74) is 2.18. The third-order valence-corrected chi connectivity index (χ3v) is 3.96. The molecule has 2 N–H and O–H groups in total. The minimum Gasteiger partial charge on any atom is -0.343 e. The molecular formula is C19H19N3O3. The van der Waals surface area contributed by atoms with Crippen molar-refractivity contribution in [2.75, 3.05) is 11.9 Å². The monoisotopic (exact) mass is 337 g/mol. The van der Waals surface area contributed by atoms with Crippen LogP contribution in [0, 0.1) is 26.2 Å². The number of anilines is 1. The smallest absolute Gasteiger partial charge is 0.293 e. The summed E-state index contributed by atoms with van der Waals surface area (Å²) in [5, 5.41) is 5.13. The highest BCUT2D eigenvalue weighted by Crippen LogP contribution is 2.23. The van der Waals surface area contributed by atoms with E-state index in [1.807, 2.05) is 18.2 Å². The predicted octanol–water partition coefficient (Wildman–Crippen LogP) is 1.83. The molecule has 1 aromatic carbocycles. The first-order valence-corrected chi connectivity index (χ1v) is 7.66. The lowest BCUT2D eigenvalue weighted by Gasteiger charge is -2.08. The average Bonchev–Trinajstić information content (AvgIpc) is 2.82. The van der Waals surface area contributed by atoms with Crippen LogP contribution in [0.4, 0.5) is 5.69 Å². The van der Waals surface area contributed by atoms with Crippen LogP contribution >= 0.6 is 0 Å². The predicted molar refractivity (Wildman–Crippen MR) is 95.5 cm³/mol. The van der Waals surface area contributed by atoms with Crippen LogP contribution in [0.2, 0.25) is 0 Å². The van der Waals surface area contributed by atoms with Gasteiger partial charge in [0.2, 0.25) is 0 Å². The fourth-order valence-corrected chi connectivity index (χ4v) is 2.67. The molecule has 0 saturated heterocycles. The highest BCUT2D eigenvalue weighted by atomic mass is 16.2. The number of hydrogen-bond donors (Lipinski definition) is 2. The van der Waals surface area contributed by atoms with Gasteiger partial charge in [-0.3, -0.25) is 14.4 Å². The molecule has 128 valence electrons. The Kier molecular flexibility index (Phi) is 5.40. The normalized spacial score (nSPS) is 10.0. The van der Waals surface area contributed by atoms with Gasteiger partial charge in [0, 0.05) is 18.4 Å². The number of carbonyl (C=O) groups excluding carboxylic acids is 3. The van der Waals surface area contributed by atoms with Crippen molar-refractivity contribution in [3.63, 3.8) is 0 Å². The summed E-state index contributed by atoms with van der Waals surface area (Å²) in [6.45, 7) is 3.31. The minimum atomic E-state index is -0.787. The second-order valence-corrected chi connectivity index (χ2v) is 5.53. The lowest BCUT2D eigenvalue weighted by molar-refractivity contribution is -0.116.